The van der Waals surface area contributed by atoms with E-state index < -0.39 is 27.5 Å². The van der Waals surface area contributed by atoms with Gasteiger partial charge in [-0.2, -0.15) is 0 Å². The van der Waals surface area contributed by atoms with Gasteiger partial charge in [0.1, 0.15) is 27.1 Å². The van der Waals surface area contributed by atoms with Crippen LogP contribution in [0.1, 0.15) is 41.0 Å². The van der Waals surface area contributed by atoms with Crippen molar-refractivity contribution in [2.75, 3.05) is 11.1 Å². The fourth-order valence-electron chi connectivity index (χ4n) is 2.11. The average Bonchev–Trinajstić information content (AvgIpc) is 2.38. The van der Waals surface area contributed by atoms with Crippen molar-refractivity contribution in [1.82, 2.24) is 10.3 Å². The maximum absolute atomic E-state index is 12.8. The monoisotopic (exact) mass is 468 g/mol. The number of nitrogens with two attached hydrogens (primary N) is 1. The van der Waals surface area contributed by atoms with Gasteiger partial charge in [0.25, 0.3) is 5.91 Å². The van der Waals surface area contributed by atoms with Crippen molar-refractivity contribution in [3.8, 4) is 0 Å². The first kappa shape index (κ1) is 22.8. The van der Waals surface area contributed by atoms with Crippen molar-refractivity contribution < 1.29 is 14.3 Å². The van der Waals surface area contributed by atoms with Gasteiger partial charge < -0.3 is 21.1 Å². The second-order valence-electron chi connectivity index (χ2n) is 7.22. The molecule has 0 saturated heterocycles. The smallest absolute Gasteiger partial charge is 0.408 e. The number of alkyl halides is 2. The van der Waals surface area contributed by atoms with Gasteiger partial charge in [0.15, 0.2) is 0 Å². The van der Waals surface area contributed by atoms with Crippen LogP contribution in [0.4, 0.5) is 16.4 Å². The molecule has 1 aromatic rings. The SMILES string of the molecule is CC(Cl)(Cl)C[C@](C)(NC(=O)OC(C)(C)C)C(=O)Nc1ccc(Br)c(N)n1. The van der Waals surface area contributed by atoms with Crippen molar-refractivity contribution in [2.45, 2.75) is 56.5 Å². The Morgan fingerprint density at radius 1 is 1.23 bits per heavy atom. The van der Waals surface area contributed by atoms with Gasteiger partial charge in [-0.3, -0.25) is 4.79 Å². The molecule has 2 amide bonds. The second-order valence-corrected chi connectivity index (χ2v) is 9.94. The van der Waals surface area contributed by atoms with E-state index >= 15 is 0 Å². The molecule has 1 atom stereocenters. The van der Waals surface area contributed by atoms with E-state index in [1.54, 1.807) is 32.9 Å². The van der Waals surface area contributed by atoms with Crippen molar-refractivity contribution in [3.63, 3.8) is 0 Å². The Labute approximate surface area is 171 Å². The summed E-state index contributed by atoms with van der Waals surface area (Å²) in [5.41, 5.74) is 3.53. The van der Waals surface area contributed by atoms with E-state index in [-0.39, 0.29) is 18.1 Å². The summed E-state index contributed by atoms with van der Waals surface area (Å²) in [6.07, 6.45) is -0.837. The number of nitrogens with zero attached hydrogens (tertiary/aromatic N) is 1. The number of pyridine rings is 1. The van der Waals surface area contributed by atoms with E-state index in [9.17, 15) is 9.59 Å². The van der Waals surface area contributed by atoms with Crippen LogP contribution in [-0.4, -0.2) is 32.5 Å². The number of hydrogen-bond acceptors (Lipinski definition) is 5. The van der Waals surface area contributed by atoms with Crippen LogP contribution in [-0.2, 0) is 9.53 Å². The molecule has 0 aromatic carbocycles. The predicted molar refractivity (Wildman–Crippen MR) is 107 cm³/mol. The Kier molecular flexibility index (Phi) is 7.18. The number of carbonyl (C=O) groups is 2. The fourth-order valence-corrected chi connectivity index (χ4v) is 2.87. The number of nitrogens with one attached hydrogen (secondary N) is 2. The lowest BCUT2D eigenvalue weighted by Crippen LogP contribution is -2.57. The van der Waals surface area contributed by atoms with Crippen LogP contribution in [0, 0.1) is 0 Å². The highest BCUT2D eigenvalue weighted by atomic mass is 79.9. The van der Waals surface area contributed by atoms with Crippen LogP contribution in [0.2, 0.25) is 0 Å². The molecule has 0 radical (unpaired) electrons. The molecule has 146 valence electrons. The summed E-state index contributed by atoms with van der Waals surface area (Å²) >= 11 is 15.4. The first-order valence-corrected chi connectivity index (χ1v) is 9.29. The van der Waals surface area contributed by atoms with Crippen LogP contribution in [0.3, 0.4) is 0 Å². The minimum atomic E-state index is -1.45. The van der Waals surface area contributed by atoms with E-state index in [1.165, 1.54) is 13.8 Å². The molecular weight excluding hydrogens is 447 g/mol. The number of amides is 2. The molecule has 4 N–H and O–H groups in total. The average molecular weight is 470 g/mol. The number of anilines is 2. The summed E-state index contributed by atoms with van der Waals surface area (Å²) < 4.78 is 4.55. The lowest BCUT2D eigenvalue weighted by molar-refractivity contribution is -0.122. The van der Waals surface area contributed by atoms with Crippen LogP contribution < -0.4 is 16.4 Å². The molecule has 0 unspecified atom stereocenters. The summed E-state index contributed by atoms with van der Waals surface area (Å²) in [4.78, 5) is 29.0. The molecule has 7 nitrogen and oxygen atoms in total. The number of aromatic nitrogens is 1. The number of ether oxygens (including phenoxy) is 1. The highest BCUT2D eigenvalue weighted by Gasteiger charge is 2.42. The molecule has 0 aliphatic rings. The van der Waals surface area contributed by atoms with Gasteiger partial charge in [-0.05, 0) is 62.7 Å². The quantitative estimate of drug-likeness (QED) is 0.559. The van der Waals surface area contributed by atoms with Crippen LogP contribution >= 0.6 is 39.1 Å². The highest BCUT2D eigenvalue weighted by Crippen LogP contribution is 2.32. The number of nitrogen functional groups attached to an aromatic ring is 1. The Morgan fingerprint density at radius 3 is 2.27 bits per heavy atom. The maximum atomic E-state index is 12.8. The van der Waals surface area contributed by atoms with Crippen molar-refractivity contribution in [1.29, 1.82) is 0 Å². The first-order valence-electron chi connectivity index (χ1n) is 7.74. The molecule has 26 heavy (non-hydrogen) atoms. The zero-order chi connectivity index (χ0) is 20.3. The highest BCUT2D eigenvalue weighted by molar-refractivity contribution is 9.10. The zero-order valence-corrected chi connectivity index (χ0v) is 18.3. The molecule has 0 fully saturated rings. The Morgan fingerprint density at radius 2 is 1.81 bits per heavy atom. The number of halogens is 3. The lowest BCUT2D eigenvalue weighted by atomic mass is 9.94. The minimum Gasteiger partial charge on any atom is -0.444 e. The summed E-state index contributed by atoms with van der Waals surface area (Å²) in [5.74, 6) is -0.131. The third-order valence-corrected chi connectivity index (χ3v) is 3.99. The van der Waals surface area contributed by atoms with Crippen LogP contribution in [0.5, 0.6) is 0 Å². The summed E-state index contributed by atoms with van der Waals surface area (Å²) in [6, 6.07) is 3.20. The normalized spacial score (nSPS) is 14.3. The zero-order valence-electron chi connectivity index (χ0n) is 15.2. The molecule has 1 aromatic heterocycles. The third-order valence-electron chi connectivity index (χ3n) is 3.06. The van der Waals surface area contributed by atoms with E-state index in [0.717, 1.165) is 0 Å². The molecule has 1 heterocycles. The van der Waals surface area contributed by atoms with E-state index in [1.807, 2.05) is 0 Å². The first-order chi connectivity index (χ1) is 11.6. The molecule has 10 heteroatoms. The van der Waals surface area contributed by atoms with E-state index in [0.29, 0.717) is 4.47 Å². The lowest BCUT2D eigenvalue weighted by Gasteiger charge is -2.33. The van der Waals surface area contributed by atoms with Gasteiger partial charge in [0, 0.05) is 6.42 Å². The number of hydrogen-bond donors (Lipinski definition) is 3. The molecular formula is C16H23BrCl2N4O3. The predicted octanol–water partition coefficient (Wildman–Crippen LogP) is 4.23. The standard InChI is InChI=1S/C16H23BrCl2N4O3/c1-14(2,3)26-13(25)23-15(4,8-16(5,18)19)12(24)22-10-7-6-9(17)11(20)21-10/h6-7H,8H2,1-5H3,(H,23,25)(H3,20,21,22,24)/t15-/m0/s1. The second kappa shape index (κ2) is 8.19. The van der Waals surface area contributed by atoms with Gasteiger partial charge in [-0.25, -0.2) is 9.78 Å². The summed E-state index contributed by atoms with van der Waals surface area (Å²) in [5, 5.41) is 5.15. The number of alkyl carbamates (subject to hydrolysis) is 1. The molecule has 0 aliphatic carbocycles. The Bertz CT molecular complexity index is 689. The van der Waals surface area contributed by atoms with Gasteiger partial charge in [0.05, 0.1) is 4.47 Å². The third kappa shape index (κ3) is 7.55. The summed E-state index contributed by atoms with van der Waals surface area (Å²) in [6.45, 7) is 8.16. The molecule has 0 saturated carbocycles. The Balaban J connectivity index is 3.04. The molecule has 0 spiro atoms. The van der Waals surface area contributed by atoms with Gasteiger partial charge in [-0.1, -0.05) is 0 Å². The topological polar surface area (TPSA) is 106 Å². The van der Waals surface area contributed by atoms with E-state index in [2.05, 4.69) is 31.5 Å². The minimum absolute atomic E-state index is 0.0692. The van der Waals surface area contributed by atoms with Gasteiger partial charge in [0.2, 0.25) is 0 Å². The molecule has 0 bridgehead atoms. The molecule has 0 aliphatic heterocycles. The fraction of sp³-hybridized carbons (Fsp3) is 0.562. The largest absolute Gasteiger partial charge is 0.444 e. The van der Waals surface area contributed by atoms with Crippen molar-refractivity contribution in [2.24, 2.45) is 0 Å². The summed E-state index contributed by atoms with van der Waals surface area (Å²) in [7, 11) is 0. The molecule has 1 rings (SSSR count). The Hall–Kier alpha value is -1.25. The van der Waals surface area contributed by atoms with Crippen LogP contribution in [0.15, 0.2) is 16.6 Å². The number of carbonyl (C=O) groups excluding carboxylic acids is 2. The van der Waals surface area contributed by atoms with Gasteiger partial charge in [-0.15, -0.1) is 23.2 Å². The van der Waals surface area contributed by atoms with Crippen molar-refractivity contribution >= 4 is 62.8 Å². The van der Waals surface area contributed by atoms with Gasteiger partial charge >= 0.3 is 6.09 Å². The van der Waals surface area contributed by atoms with Crippen molar-refractivity contribution in [3.05, 3.63) is 16.6 Å². The maximum Gasteiger partial charge on any atom is 0.408 e. The van der Waals surface area contributed by atoms with Crippen LogP contribution in [0.25, 0.3) is 0 Å². The number of rotatable bonds is 5. The van der Waals surface area contributed by atoms with E-state index in [4.69, 9.17) is 33.7 Å².